The van der Waals surface area contributed by atoms with Gasteiger partial charge in [0.1, 0.15) is 19.6 Å². The first-order chi connectivity index (χ1) is 8.36. The maximum Gasteiger partial charge on any atom is 0.325 e. The number of aliphatic carboxylic acids is 2. The van der Waals surface area contributed by atoms with Gasteiger partial charge in [0.05, 0.1) is 6.61 Å². The van der Waals surface area contributed by atoms with E-state index in [0.29, 0.717) is 4.90 Å². The van der Waals surface area contributed by atoms with E-state index in [1.165, 1.54) is 0 Å². The van der Waals surface area contributed by atoms with Crippen LogP contribution in [-0.4, -0.2) is 65.3 Å². The van der Waals surface area contributed by atoms with Crippen molar-refractivity contribution in [2.45, 2.75) is 6.92 Å². The number of nitrogens with one attached hydrogen (secondary N) is 1. The molecule has 0 spiro atoms. The SMILES string of the molecule is CCOC(=O)CNC(=O)N(CC(=O)O)CC(=O)O. The second-order valence-electron chi connectivity index (χ2n) is 3.11. The summed E-state index contributed by atoms with van der Waals surface area (Å²) in [6.07, 6.45) is 0. The second-order valence-corrected chi connectivity index (χ2v) is 3.11. The first-order valence-electron chi connectivity index (χ1n) is 4.98. The zero-order valence-corrected chi connectivity index (χ0v) is 9.71. The van der Waals surface area contributed by atoms with Crippen molar-refractivity contribution in [1.82, 2.24) is 10.2 Å². The molecular formula is C9H14N2O7. The number of rotatable bonds is 7. The van der Waals surface area contributed by atoms with Crippen LogP contribution in [0.25, 0.3) is 0 Å². The predicted octanol–water partition coefficient (Wildman–Crippen LogP) is -1.27. The van der Waals surface area contributed by atoms with Gasteiger partial charge in [0.2, 0.25) is 0 Å². The van der Waals surface area contributed by atoms with Gasteiger partial charge < -0.3 is 25.2 Å². The van der Waals surface area contributed by atoms with E-state index in [4.69, 9.17) is 10.2 Å². The van der Waals surface area contributed by atoms with Crippen LogP contribution < -0.4 is 5.32 Å². The summed E-state index contributed by atoms with van der Waals surface area (Å²) in [5, 5.41) is 19.1. The van der Waals surface area contributed by atoms with Gasteiger partial charge in [-0.15, -0.1) is 0 Å². The Kier molecular flexibility index (Phi) is 6.86. The molecule has 0 atom stereocenters. The molecule has 0 heterocycles. The van der Waals surface area contributed by atoms with Crippen molar-refractivity contribution in [1.29, 1.82) is 0 Å². The maximum atomic E-state index is 11.4. The monoisotopic (exact) mass is 262 g/mol. The maximum absolute atomic E-state index is 11.4. The van der Waals surface area contributed by atoms with Gasteiger partial charge in [0.15, 0.2) is 0 Å². The van der Waals surface area contributed by atoms with E-state index in [9.17, 15) is 19.2 Å². The molecule has 0 unspecified atom stereocenters. The fourth-order valence-corrected chi connectivity index (χ4v) is 0.998. The topological polar surface area (TPSA) is 133 Å². The smallest absolute Gasteiger partial charge is 0.325 e. The van der Waals surface area contributed by atoms with Crippen LogP contribution in [0.2, 0.25) is 0 Å². The standard InChI is InChI=1S/C9H14N2O7/c1-2-18-8(16)3-10-9(17)11(4-6(12)13)5-7(14)15/h2-5H2,1H3,(H,10,17)(H,12,13)(H,14,15). The van der Waals surface area contributed by atoms with Crippen molar-refractivity contribution >= 4 is 23.9 Å². The molecule has 0 bridgehead atoms. The molecule has 2 amide bonds. The molecule has 0 aromatic heterocycles. The fraction of sp³-hybridized carbons (Fsp3) is 0.556. The summed E-state index contributed by atoms with van der Waals surface area (Å²) in [5.74, 6) is -3.42. The highest BCUT2D eigenvalue weighted by atomic mass is 16.5. The first kappa shape index (κ1) is 15.7. The van der Waals surface area contributed by atoms with Gasteiger partial charge in [-0.1, -0.05) is 0 Å². The summed E-state index contributed by atoms with van der Waals surface area (Å²) < 4.78 is 4.53. The van der Waals surface area contributed by atoms with Crippen molar-refractivity contribution in [2.75, 3.05) is 26.2 Å². The zero-order chi connectivity index (χ0) is 14.1. The van der Waals surface area contributed by atoms with Crippen LogP contribution in [0.5, 0.6) is 0 Å². The molecule has 0 radical (unpaired) electrons. The molecule has 0 fully saturated rings. The van der Waals surface area contributed by atoms with Crippen LogP contribution in [0, 0.1) is 0 Å². The lowest BCUT2D eigenvalue weighted by Gasteiger charge is -2.18. The van der Waals surface area contributed by atoms with Crippen LogP contribution in [-0.2, 0) is 19.1 Å². The van der Waals surface area contributed by atoms with Crippen LogP contribution in [0.15, 0.2) is 0 Å². The van der Waals surface area contributed by atoms with E-state index in [2.05, 4.69) is 10.1 Å². The number of carbonyl (C=O) groups excluding carboxylic acids is 2. The Morgan fingerprint density at radius 3 is 2.00 bits per heavy atom. The van der Waals surface area contributed by atoms with Crippen LogP contribution in [0.3, 0.4) is 0 Å². The van der Waals surface area contributed by atoms with Crippen molar-refractivity contribution in [2.24, 2.45) is 0 Å². The molecule has 9 heteroatoms. The van der Waals surface area contributed by atoms with Gasteiger partial charge in [-0.2, -0.15) is 0 Å². The number of hydrogen-bond acceptors (Lipinski definition) is 5. The van der Waals surface area contributed by atoms with E-state index in [1.807, 2.05) is 0 Å². The lowest BCUT2D eigenvalue weighted by molar-refractivity contribution is -0.142. The minimum atomic E-state index is -1.36. The minimum absolute atomic E-state index is 0.142. The summed E-state index contributed by atoms with van der Waals surface area (Å²) in [6, 6.07) is -0.965. The highest BCUT2D eigenvalue weighted by molar-refractivity contribution is 5.86. The number of urea groups is 1. The Labute approximate surface area is 102 Å². The molecule has 0 aliphatic heterocycles. The number of amides is 2. The Hall–Kier alpha value is -2.32. The third kappa shape index (κ3) is 7.04. The lowest BCUT2D eigenvalue weighted by atomic mass is 10.5. The molecule has 18 heavy (non-hydrogen) atoms. The van der Waals surface area contributed by atoms with E-state index in [1.54, 1.807) is 6.92 Å². The second kappa shape index (κ2) is 7.87. The quantitative estimate of drug-likeness (QED) is 0.487. The van der Waals surface area contributed by atoms with Gasteiger partial charge >= 0.3 is 23.9 Å². The van der Waals surface area contributed by atoms with Crippen molar-refractivity contribution in [3.05, 3.63) is 0 Å². The lowest BCUT2D eigenvalue weighted by Crippen LogP contribution is -2.46. The highest BCUT2D eigenvalue weighted by Gasteiger charge is 2.20. The molecule has 0 saturated heterocycles. The molecule has 0 aliphatic rings. The third-order valence-corrected chi connectivity index (χ3v) is 1.63. The van der Waals surface area contributed by atoms with E-state index >= 15 is 0 Å². The average Bonchev–Trinajstić information content (AvgIpc) is 2.24. The van der Waals surface area contributed by atoms with Crippen molar-refractivity contribution in [3.8, 4) is 0 Å². The Bertz CT molecular complexity index is 326. The van der Waals surface area contributed by atoms with Crippen molar-refractivity contribution in [3.63, 3.8) is 0 Å². The highest BCUT2D eigenvalue weighted by Crippen LogP contribution is 1.90. The molecule has 0 rings (SSSR count). The van der Waals surface area contributed by atoms with Gasteiger partial charge in [0.25, 0.3) is 0 Å². The number of nitrogens with zero attached hydrogens (tertiary/aromatic N) is 1. The van der Waals surface area contributed by atoms with Gasteiger partial charge in [-0.05, 0) is 6.92 Å². The first-order valence-corrected chi connectivity index (χ1v) is 4.98. The molecule has 3 N–H and O–H groups in total. The Morgan fingerprint density at radius 1 is 1.11 bits per heavy atom. The number of carboxylic acids is 2. The normalized spacial score (nSPS) is 9.39. The average molecular weight is 262 g/mol. The van der Waals surface area contributed by atoms with E-state index < -0.39 is 43.6 Å². The molecule has 0 aromatic rings. The molecule has 102 valence electrons. The minimum Gasteiger partial charge on any atom is -0.480 e. The summed E-state index contributed by atoms with van der Waals surface area (Å²) in [7, 11) is 0. The van der Waals surface area contributed by atoms with Crippen LogP contribution in [0.4, 0.5) is 4.79 Å². The van der Waals surface area contributed by atoms with Gasteiger partial charge in [-0.3, -0.25) is 14.4 Å². The van der Waals surface area contributed by atoms with Gasteiger partial charge in [0, 0.05) is 0 Å². The third-order valence-electron chi connectivity index (χ3n) is 1.63. The summed E-state index contributed by atoms with van der Waals surface area (Å²) in [5.41, 5.74) is 0. The number of carboxylic acid groups (broad SMARTS) is 2. The number of esters is 1. The summed E-state index contributed by atoms with van der Waals surface area (Å²) >= 11 is 0. The molecule has 0 saturated carbocycles. The number of carbonyl (C=O) groups is 4. The Balaban J connectivity index is 4.32. The number of ether oxygens (including phenoxy) is 1. The van der Waals surface area contributed by atoms with E-state index in [-0.39, 0.29) is 6.61 Å². The summed E-state index contributed by atoms with van der Waals surface area (Å²) in [6.45, 7) is -0.284. The zero-order valence-electron chi connectivity index (χ0n) is 9.71. The summed E-state index contributed by atoms with van der Waals surface area (Å²) in [4.78, 5) is 43.7. The Morgan fingerprint density at radius 2 is 1.61 bits per heavy atom. The molecule has 0 aromatic carbocycles. The predicted molar refractivity (Wildman–Crippen MR) is 56.9 cm³/mol. The van der Waals surface area contributed by atoms with Crippen LogP contribution >= 0.6 is 0 Å². The van der Waals surface area contributed by atoms with Gasteiger partial charge in [-0.25, -0.2) is 4.79 Å². The fourth-order valence-electron chi connectivity index (χ4n) is 0.998. The van der Waals surface area contributed by atoms with E-state index in [0.717, 1.165) is 0 Å². The largest absolute Gasteiger partial charge is 0.480 e. The van der Waals surface area contributed by atoms with Crippen molar-refractivity contribution < 1.29 is 34.1 Å². The molecule has 0 aliphatic carbocycles. The molecule has 9 nitrogen and oxygen atoms in total. The number of hydrogen-bond donors (Lipinski definition) is 3. The van der Waals surface area contributed by atoms with Crippen LogP contribution in [0.1, 0.15) is 6.92 Å². The molecular weight excluding hydrogens is 248 g/mol.